The van der Waals surface area contributed by atoms with Crippen LogP contribution >= 0.6 is 23.4 Å². The van der Waals surface area contributed by atoms with Gasteiger partial charge in [0.15, 0.2) is 0 Å². The minimum absolute atomic E-state index is 0.0813. The molecule has 0 aromatic heterocycles. The van der Waals surface area contributed by atoms with Gasteiger partial charge in [-0.1, -0.05) is 30.3 Å². The Morgan fingerprint density at radius 3 is 2.11 bits per heavy atom. The van der Waals surface area contributed by atoms with Crippen molar-refractivity contribution in [3.63, 3.8) is 0 Å². The molecule has 1 aromatic rings. The molecule has 9 heteroatoms. The number of hydrogen-bond donors (Lipinski definition) is 0. The highest BCUT2D eigenvalue weighted by Crippen LogP contribution is 2.39. The number of esters is 3. The molecule has 1 aliphatic heterocycles. The van der Waals surface area contributed by atoms with Crippen LogP contribution in [0, 0.1) is 5.92 Å². The average Bonchev–Trinajstić information content (AvgIpc) is 2.60. The van der Waals surface area contributed by atoms with Crippen LogP contribution in [0.4, 0.5) is 0 Å². The summed E-state index contributed by atoms with van der Waals surface area (Å²) < 4.78 is 22.0. The quantitative estimate of drug-likeness (QED) is 0.502. The first-order valence-corrected chi connectivity index (χ1v) is 9.98. The Morgan fingerprint density at radius 2 is 1.57 bits per heavy atom. The Labute approximate surface area is 173 Å². The van der Waals surface area contributed by atoms with Crippen molar-refractivity contribution in [3.8, 4) is 0 Å². The van der Waals surface area contributed by atoms with Crippen molar-refractivity contribution in [1.82, 2.24) is 0 Å². The summed E-state index contributed by atoms with van der Waals surface area (Å²) in [7, 11) is 0. The molecule has 7 nitrogen and oxygen atoms in total. The lowest BCUT2D eigenvalue weighted by Gasteiger charge is -2.43. The second-order valence-corrected chi connectivity index (χ2v) is 8.03. The maximum atomic E-state index is 11.6. The lowest BCUT2D eigenvalue weighted by atomic mass is 9.91. The molecule has 28 heavy (non-hydrogen) atoms. The molecular formula is C19H23ClO7S. The topological polar surface area (TPSA) is 88.1 Å². The fourth-order valence-corrected chi connectivity index (χ4v) is 4.23. The zero-order chi connectivity index (χ0) is 20.8. The second-order valence-electron chi connectivity index (χ2n) is 6.42. The van der Waals surface area contributed by atoms with E-state index in [-0.39, 0.29) is 12.5 Å². The van der Waals surface area contributed by atoms with Crippen molar-refractivity contribution in [2.75, 3.05) is 6.61 Å². The Bertz CT molecular complexity index is 707. The Balaban J connectivity index is 2.28. The first kappa shape index (κ1) is 22.5. The van der Waals surface area contributed by atoms with Gasteiger partial charge in [0.2, 0.25) is 0 Å². The van der Waals surface area contributed by atoms with E-state index in [0.717, 1.165) is 4.90 Å². The summed E-state index contributed by atoms with van der Waals surface area (Å²) in [5.41, 5.74) is -0.590. The number of carbonyl (C=O) groups excluding carboxylic acids is 3. The molecule has 0 radical (unpaired) electrons. The summed E-state index contributed by atoms with van der Waals surface area (Å²) in [6.07, 6.45) is -2.10. The minimum Gasteiger partial charge on any atom is -0.463 e. The Kier molecular flexibility index (Phi) is 8.15. The van der Waals surface area contributed by atoms with Gasteiger partial charge in [0.05, 0.1) is 0 Å². The number of carbonyl (C=O) groups is 3. The molecule has 5 atom stereocenters. The average molecular weight is 431 g/mol. The standard InChI is InChI=1S/C19H23ClO7S/c1-10-17(25-12(3)22)16(9-24-11(2)21)27-19(18(10)26-13(4)23)28-15-7-5-14(20)6-8-15/h5-8,10,16-19H,9H2,1-4H3/t10?,16?,17-,18+,19-/m1/s1. The van der Waals surface area contributed by atoms with E-state index in [1.807, 2.05) is 12.1 Å². The van der Waals surface area contributed by atoms with Gasteiger partial charge in [-0.15, -0.1) is 0 Å². The van der Waals surface area contributed by atoms with E-state index >= 15 is 0 Å². The van der Waals surface area contributed by atoms with Crippen molar-refractivity contribution < 1.29 is 33.3 Å². The van der Waals surface area contributed by atoms with Gasteiger partial charge in [-0.25, -0.2) is 0 Å². The molecule has 1 aromatic carbocycles. The van der Waals surface area contributed by atoms with Crippen molar-refractivity contribution in [2.24, 2.45) is 5.92 Å². The number of halogens is 1. The van der Waals surface area contributed by atoms with Crippen LogP contribution in [-0.2, 0) is 33.3 Å². The van der Waals surface area contributed by atoms with Crippen LogP contribution in [-0.4, -0.2) is 48.3 Å². The summed E-state index contributed by atoms with van der Waals surface area (Å²) >= 11 is 7.28. The van der Waals surface area contributed by atoms with Gasteiger partial charge in [0, 0.05) is 36.6 Å². The van der Waals surface area contributed by atoms with Crippen LogP contribution in [0.5, 0.6) is 0 Å². The summed E-state index contributed by atoms with van der Waals surface area (Å²) in [5, 5.41) is 0.599. The number of thioether (sulfide) groups is 1. The van der Waals surface area contributed by atoms with Gasteiger partial charge >= 0.3 is 17.9 Å². The van der Waals surface area contributed by atoms with Gasteiger partial charge in [-0.3, -0.25) is 14.4 Å². The summed E-state index contributed by atoms with van der Waals surface area (Å²) in [6, 6.07) is 7.14. The maximum Gasteiger partial charge on any atom is 0.303 e. The molecule has 2 unspecified atom stereocenters. The van der Waals surface area contributed by atoms with E-state index in [2.05, 4.69) is 0 Å². The highest BCUT2D eigenvalue weighted by atomic mass is 35.5. The van der Waals surface area contributed by atoms with E-state index in [1.165, 1.54) is 32.5 Å². The van der Waals surface area contributed by atoms with E-state index in [1.54, 1.807) is 19.1 Å². The highest BCUT2D eigenvalue weighted by Gasteiger charge is 2.48. The molecule has 1 aliphatic rings. The van der Waals surface area contributed by atoms with E-state index in [0.29, 0.717) is 5.02 Å². The number of ether oxygens (including phenoxy) is 4. The first-order valence-electron chi connectivity index (χ1n) is 8.73. The van der Waals surface area contributed by atoms with Crippen molar-refractivity contribution >= 4 is 41.3 Å². The fraction of sp³-hybridized carbons (Fsp3) is 0.526. The normalized spacial score (nSPS) is 27.0. The van der Waals surface area contributed by atoms with Crippen LogP contribution in [0.25, 0.3) is 0 Å². The van der Waals surface area contributed by atoms with E-state index in [4.69, 9.17) is 30.5 Å². The number of rotatable bonds is 6. The van der Waals surface area contributed by atoms with E-state index in [9.17, 15) is 14.4 Å². The van der Waals surface area contributed by atoms with Crippen molar-refractivity contribution in [3.05, 3.63) is 29.3 Å². The molecule has 1 heterocycles. The summed E-state index contributed by atoms with van der Waals surface area (Å²) in [6.45, 7) is 5.60. The molecule has 0 aliphatic carbocycles. The molecule has 1 saturated heterocycles. The molecular weight excluding hydrogens is 408 g/mol. The van der Waals surface area contributed by atoms with Gasteiger partial charge < -0.3 is 18.9 Å². The molecule has 2 rings (SSSR count). The molecule has 0 N–H and O–H groups in total. The molecule has 154 valence electrons. The molecule has 0 bridgehead atoms. The minimum atomic E-state index is -0.733. The third-order valence-corrected chi connectivity index (χ3v) is 5.51. The third kappa shape index (κ3) is 6.39. The van der Waals surface area contributed by atoms with Crippen LogP contribution in [0.2, 0.25) is 5.02 Å². The smallest absolute Gasteiger partial charge is 0.303 e. The van der Waals surface area contributed by atoms with Crippen LogP contribution in [0.3, 0.4) is 0 Å². The van der Waals surface area contributed by atoms with Gasteiger partial charge in [-0.05, 0) is 24.3 Å². The van der Waals surface area contributed by atoms with Gasteiger partial charge in [0.1, 0.15) is 30.4 Å². The third-order valence-electron chi connectivity index (χ3n) is 4.10. The summed E-state index contributed by atoms with van der Waals surface area (Å²) in [4.78, 5) is 35.3. The largest absolute Gasteiger partial charge is 0.463 e. The monoisotopic (exact) mass is 430 g/mol. The first-order chi connectivity index (χ1) is 13.2. The molecule has 0 saturated carbocycles. The fourth-order valence-electron chi connectivity index (χ4n) is 2.91. The Hall–Kier alpha value is -1.77. The molecule has 0 spiro atoms. The maximum absolute atomic E-state index is 11.6. The van der Waals surface area contributed by atoms with Crippen molar-refractivity contribution in [2.45, 2.75) is 56.3 Å². The molecule has 1 fully saturated rings. The van der Waals surface area contributed by atoms with Crippen LogP contribution in [0.1, 0.15) is 27.7 Å². The SMILES string of the molecule is CC(=O)OCC1O[C@H](Sc2ccc(Cl)cc2)[C@@H](OC(C)=O)C(C)[C@H]1OC(C)=O. The zero-order valence-electron chi connectivity index (χ0n) is 16.0. The lowest BCUT2D eigenvalue weighted by molar-refractivity contribution is -0.212. The molecule has 0 amide bonds. The lowest BCUT2D eigenvalue weighted by Crippen LogP contribution is -2.56. The Morgan fingerprint density at radius 1 is 1.00 bits per heavy atom. The second kappa shape index (κ2) is 10.1. The van der Waals surface area contributed by atoms with Crippen LogP contribution in [0.15, 0.2) is 29.2 Å². The number of hydrogen-bond acceptors (Lipinski definition) is 8. The predicted octanol–water partition coefficient (Wildman–Crippen LogP) is 3.22. The van der Waals surface area contributed by atoms with Gasteiger partial charge in [-0.2, -0.15) is 0 Å². The van der Waals surface area contributed by atoms with Gasteiger partial charge in [0.25, 0.3) is 0 Å². The summed E-state index contributed by atoms with van der Waals surface area (Å²) in [5.74, 6) is -1.82. The highest BCUT2D eigenvalue weighted by molar-refractivity contribution is 7.99. The predicted molar refractivity (Wildman–Crippen MR) is 103 cm³/mol. The van der Waals surface area contributed by atoms with Crippen LogP contribution < -0.4 is 0 Å². The van der Waals surface area contributed by atoms with E-state index < -0.39 is 41.7 Å². The van der Waals surface area contributed by atoms with Crippen molar-refractivity contribution in [1.29, 1.82) is 0 Å². The zero-order valence-corrected chi connectivity index (χ0v) is 17.6. The number of benzene rings is 1.